The molecule has 1 atom stereocenters. The Hall–Kier alpha value is -3.74. The molecule has 1 aliphatic carbocycles. The number of ether oxygens (including phenoxy) is 1. The number of hydrogen-bond acceptors (Lipinski definition) is 5. The van der Waals surface area contributed by atoms with E-state index in [1.165, 1.54) is 42.3 Å². The van der Waals surface area contributed by atoms with Crippen molar-refractivity contribution in [3.63, 3.8) is 0 Å². The number of imide groups is 1. The van der Waals surface area contributed by atoms with Gasteiger partial charge < -0.3 is 10.1 Å². The number of aryl methyl sites for hydroxylation is 2. The maximum atomic E-state index is 12.5. The molecule has 31 heavy (non-hydrogen) atoms. The van der Waals surface area contributed by atoms with E-state index in [0.717, 1.165) is 24.2 Å². The van der Waals surface area contributed by atoms with E-state index < -0.39 is 29.8 Å². The second-order valence-electron chi connectivity index (χ2n) is 7.64. The fourth-order valence-corrected chi connectivity index (χ4v) is 3.89. The number of fused-ring (bicyclic) bond motifs is 2. The molecule has 0 spiro atoms. The van der Waals surface area contributed by atoms with E-state index in [0.29, 0.717) is 5.69 Å². The number of carbonyl (C=O) groups is 4. The number of benzene rings is 2. The summed E-state index contributed by atoms with van der Waals surface area (Å²) in [7, 11) is 0. The van der Waals surface area contributed by atoms with Crippen molar-refractivity contribution in [3.05, 3.63) is 76.9 Å². The zero-order chi connectivity index (χ0) is 22.1. The number of anilines is 1. The lowest BCUT2D eigenvalue weighted by Crippen LogP contribution is -2.30. The summed E-state index contributed by atoms with van der Waals surface area (Å²) in [6.45, 7) is 5.11. The minimum atomic E-state index is -1.04. The molecule has 0 fully saturated rings. The molecule has 1 N–H and O–H groups in total. The normalized spacial score (nSPS) is 15.3. The third-order valence-corrected chi connectivity index (χ3v) is 5.54. The van der Waals surface area contributed by atoms with Crippen molar-refractivity contribution >= 4 is 29.4 Å². The summed E-state index contributed by atoms with van der Waals surface area (Å²) in [5.74, 6) is -2.11. The summed E-state index contributed by atoms with van der Waals surface area (Å²) in [6, 6.07) is 9.96. The molecule has 0 saturated heterocycles. The number of nitrogens with one attached hydrogen (secondary N) is 1. The predicted octanol–water partition coefficient (Wildman–Crippen LogP) is 3.14. The van der Waals surface area contributed by atoms with Gasteiger partial charge in [0, 0.05) is 12.2 Å². The lowest BCUT2D eigenvalue weighted by atomic mass is 10.1. The molecule has 4 rings (SSSR count). The van der Waals surface area contributed by atoms with Gasteiger partial charge in [-0.1, -0.05) is 12.1 Å². The molecule has 1 aliphatic heterocycles. The quantitative estimate of drug-likeness (QED) is 0.442. The van der Waals surface area contributed by atoms with Crippen molar-refractivity contribution in [2.24, 2.45) is 0 Å². The van der Waals surface area contributed by atoms with Gasteiger partial charge in [-0.3, -0.25) is 19.3 Å². The van der Waals surface area contributed by atoms with Crippen molar-refractivity contribution in [2.45, 2.75) is 32.3 Å². The smallest absolute Gasteiger partial charge is 0.338 e. The Morgan fingerprint density at radius 1 is 1.10 bits per heavy atom. The van der Waals surface area contributed by atoms with Crippen LogP contribution in [0.2, 0.25) is 0 Å². The summed E-state index contributed by atoms with van der Waals surface area (Å²) in [4.78, 5) is 50.8. The second kappa shape index (κ2) is 8.18. The van der Waals surface area contributed by atoms with Crippen molar-refractivity contribution in [1.82, 2.24) is 4.90 Å². The first-order valence-corrected chi connectivity index (χ1v) is 10.1. The second-order valence-corrected chi connectivity index (χ2v) is 7.64. The molecule has 0 radical (unpaired) electrons. The molecule has 0 unspecified atom stereocenters. The highest BCUT2D eigenvalue weighted by Crippen LogP contribution is 2.26. The van der Waals surface area contributed by atoms with E-state index in [9.17, 15) is 19.2 Å². The fourth-order valence-electron chi connectivity index (χ4n) is 3.89. The van der Waals surface area contributed by atoms with E-state index in [1.54, 1.807) is 0 Å². The molecule has 2 aromatic carbocycles. The van der Waals surface area contributed by atoms with Crippen LogP contribution >= 0.6 is 0 Å². The van der Waals surface area contributed by atoms with Gasteiger partial charge in [-0.15, -0.1) is 6.58 Å². The van der Waals surface area contributed by atoms with Gasteiger partial charge in [0.1, 0.15) is 0 Å². The van der Waals surface area contributed by atoms with Gasteiger partial charge in [0.15, 0.2) is 6.10 Å². The molecule has 7 heteroatoms. The Kier molecular flexibility index (Phi) is 5.42. The first-order valence-electron chi connectivity index (χ1n) is 10.1. The highest BCUT2D eigenvalue weighted by Gasteiger charge is 2.35. The first kappa shape index (κ1) is 20.5. The molecule has 0 saturated carbocycles. The Balaban J connectivity index is 1.42. The van der Waals surface area contributed by atoms with Crippen LogP contribution < -0.4 is 5.32 Å². The molecule has 3 amide bonds. The van der Waals surface area contributed by atoms with Crippen molar-refractivity contribution in [3.8, 4) is 0 Å². The SMILES string of the molecule is C=CCN1C(=O)c2ccc(C(=O)O[C@H](C)C(=O)Nc3ccc4c(c3)CCC4)cc2C1=O. The van der Waals surface area contributed by atoms with Crippen LogP contribution in [-0.2, 0) is 22.4 Å². The zero-order valence-electron chi connectivity index (χ0n) is 17.1. The van der Waals surface area contributed by atoms with E-state index in [-0.39, 0.29) is 23.2 Å². The lowest BCUT2D eigenvalue weighted by molar-refractivity contribution is -0.123. The number of nitrogens with zero attached hydrogens (tertiary/aromatic N) is 1. The third kappa shape index (κ3) is 3.86. The average Bonchev–Trinajstić information content (AvgIpc) is 3.32. The van der Waals surface area contributed by atoms with Gasteiger partial charge in [0.05, 0.1) is 16.7 Å². The van der Waals surface area contributed by atoms with Gasteiger partial charge in [0.25, 0.3) is 17.7 Å². The number of esters is 1. The molecular formula is C24H22N2O5. The van der Waals surface area contributed by atoms with Crippen LogP contribution in [0.1, 0.15) is 55.5 Å². The lowest BCUT2D eigenvalue weighted by Gasteiger charge is -2.14. The van der Waals surface area contributed by atoms with Gasteiger partial charge in [-0.05, 0) is 67.6 Å². The van der Waals surface area contributed by atoms with E-state index in [1.807, 2.05) is 18.2 Å². The van der Waals surface area contributed by atoms with Crippen LogP contribution in [0.5, 0.6) is 0 Å². The van der Waals surface area contributed by atoms with Gasteiger partial charge in [0.2, 0.25) is 0 Å². The molecular weight excluding hydrogens is 396 g/mol. The molecule has 0 aromatic heterocycles. The number of rotatable bonds is 6. The molecule has 158 valence electrons. The van der Waals surface area contributed by atoms with Gasteiger partial charge in [-0.2, -0.15) is 0 Å². The maximum Gasteiger partial charge on any atom is 0.338 e. The maximum absolute atomic E-state index is 12.5. The average molecular weight is 418 g/mol. The fraction of sp³-hybridized carbons (Fsp3) is 0.250. The molecule has 2 aromatic rings. The van der Waals surface area contributed by atoms with Crippen LogP contribution in [0.15, 0.2) is 49.1 Å². The van der Waals surface area contributed by atoms with E-state index in [4.69, 9.17) is 4.74 Å². The molecule has 7 nitrogen and oxygen atoms in total. The van der Waals surface area contributed by atoms with Crippen LogP contribution in [0.3, 0.4) is 0 Å². The Bertz CT molecular complexity index is 1120. The van der Waals surface area contributed by atoms with Crippen molar-refractivity contribution < 1.29 is 23.9 Å². The standard InChI is InChI=1S/C24H22N2O5/c1-3-11-26-22(28)19-10-8-17(13-20(19)23(26)29)24(30)31-14(2)21(27)25-18-9-7-15-5-4-6-16(15)12-18/h3,7-10,12-14H,1,4-6,11H2,2H3,(H,25,27)/t14-/m1/s1. The highest BCUT2D eigenvalue weighted by molar-refractivity contribution is 6.22. The molecule has 0 bridgehead atoms. The number of amides is 3. The summed E-state index contributed by atoms with van der Waals surface area (Å²) in [5, 5.41) is 2.77. The minimum absolute atomic E-state index is 0.0893. The topological polar surface area (TPSA) is 92.8 Å². The summed E-state index contributed by atoms with van der Waals surface area (Å²) in [6.07, 6.45) is 3.58. The van der Waals surface area contributed by atoms with Crippen molar-refractivity contribution in [1.29, 1.82) is 0 Å². The van der Waals surface area contributed by atoms with Gasteiger partial charge >= 0.3 is 5.97 Å². The Morgan fingerprint density at radius 3 is 2.61 bits per heavy atom. The third-order valence-electron chi connectivity index (χ3n) is 5.54. The van der Waals surface area contributed by atoms with Crippen LogP contribution in [0.25, 0.3) is 0 Å². The zero-order valence-corrected chi connectivity index (χ0v) is 17.1. The molecule has 2 aliphatic rings. The van der Waals surface area contributed by atoms with Crippen LogP contribution in [0, 0.1) is 0 Å². The summed E-state index contributed by atoms with van der Waals surface area (Å²) < 4.78 is 5.28. The highest BCUT2D eigenvalue weighted by atomic mass is 16.5. The van der Waals surface area contributed by atoms with Crippen molar-refractivity contribution in [2.75, 3.05) is 11.9 Å². The largest absolute Gasteiger partial charge is 0.449 e. The minimum Gasteiger partial charge on any atom is -0.449 e. The van der Waals surface area contributed by atoms with E-state index in [2.05, 4.69) is 11.9 Å². The Morgan fingerprint density at radius 2 is 1.84 bits per heavy atom. The monoisotopic (exact) mass is 418 g/mol. The van der Waals surface area contributed by atoms with Crippen LogP contribution in [-0.4, -0.2) is 41.2 Å². The summed E-state index contributed by atoms with van der Waals surface area (Å²) in [5.41, 5.74) is 3.65. The first-order chi connectivity index (χ1) is 14.9. The number of hydrogen-bond donors (Lipinski definition) is 1. The predicted molar refractivity (Wildman–Crippen MR) is 114 cm³/mol. The Labute approximate surface area is 179 Å². The summed E-state index contributed by atoms with van der Waals surface area (Å²) >= 11 is 0. The number of carbonyl (C=O) groups excluding carboxylic acids is 4. The van der Waals surface area contributed by atoms with Gasteiger partial charge in [-0.25, -0.2) is 4.79 Å². The van der Waals surface area contributed by atoms with E-state index >= 15 is 0 Å². The van der Waals surface area contributed by atoms with Crippen LogP contribution in [0.4, 0.5) is 5.69 Å². The molecule has 1 heterocycles.